The Morgan fingerprint density at radius 3 is 2.56 bits per heavy atom. The van der Waals surface area contributed by atoms with Crippen molar-refractivity contribution in [2.24, 2.45) is 5.73 Å². The first-order valence-electron chi connectivity index (χ1n) is 5.65. The summed E-state index contributed by atoms with van der Waals surface area (Å²) in [6.07, 6.45) is 0. The summed E-state index contributed by atoms with van der Waals surface area (Å²) in [5, 5.41) is 9.26. The van der Waals surface area contributed by atoms with Crippen molar-refractivity contribution >= 4 is 11.9 Å². The molecule has 1 atom stereocenters. The summed E-state index contributed by atoms with van der Waals surface area (Å²) < 4.78 is 0. The summed E-state index contributed by atoms with van der Waals surface area (Å²) in [5.41, 5.74) is 7.71. The second kappa shape index (κ2) is 5.52. The number of likely N-dealkylation sites (N-methyl/N-ethyl adjacent to an activating group) is 1. The number of amides is 3. The third kappa shape index (κ3) is 2.99. The van der Waals surface area contributed by atoms with E-state index in [2.05, 4.69) is 15.5 Å². The van der Waals surface area contributed by atoms with Crippen molar-refractivity contribution in [2.45, 2.75) is 26.8 Å². The minimum Gasteiger partial charge on any atom is -0.352 e. The summed E-state index contributed by atoms with van der Waals surface area (Å²) in [6.45, 7) is 5.60. The summed E-state index contributed by atoms with van der Waals surface area (Å²) in [4.78, 5) is 23.9. The lowest BCUT2D eigenvalue weighted by Crippen LogP contribution is -2.41. The fourth-order valence-electron chi connectivity index (χ4n) is 1.87. The zero-order chi connectivity index (χ0) is 13.9. The van der Waals surface area contributed by atoms with Gasteiger partial charge in [-0.15, -0.1) is 0 Å². The van der Waals surface area contributed by atoms with Crippen LogP contribution in [0.25, 0.3) is 0 Å². The van der Waals surface area contributed by atoms with Crippen LogP contribution in [0, 0.1) is 13.8 Å². The SMILES string of the molecule is Cc1n[nH]c(C)c1[C@@H](C)N(C)C(=O)CNC(N)=O. The van der Waals surface area contributed by atoms with Crippen molar-refractivity contribution in [2.75, 3.05) is 13.6 Å². The molecule has 0 saturated carbocycles. The van der Waals surface area contributed by atoms with Crippen molar-refractivity contribution in [3.8, 4) is 0 Å². The van der Waals surface area contributed by atoms with Crippen LogP contribution in [0.1, 0.15) is 29.9 Å². The molecule has 1 aromatic heterocycles. The van der Waals surface area contributed by atoms with Crippen molar-refractivity contribution in [3.63, 3.8) is 0 Å². The van der Waals surface area contributed by atoms with E-state index in [4.69, 9.17) is 5.73 Å². The molecule has 0 radical (unpaired) electrons. The first-order valence-corrected chi connectivity index (χ1v) is 5.65. The minimum absolute atomic E-state index is 0.105. The maximum Gasteiger partial charge on any atom is 0.312 e. The van der Waals surface area contributed by atoms with Gasteiger partial charge in [0.1, 0.15) is 0 Å². The summed E-state index contributed by atoms with van der Waals surface area (Å²) in [6, 6.07) is -0.828. The van der Waals surface area contributed by atoms with Crippen molar-refractivity contribution < 1.29 is 9.59 Å². The Kier molecular flexibility index (Phi) is 4.30. The molecule has 0 aliphatic carbocycles. The molecule has 0 saturated heterocycles. The Labute approximate surface area is 106 Å². The molecule has 100 valence electrons. The molecular weight excluding hydrogens is 234 g/mol. The quantitative estimate of drug-likeness (QED) is 0.714. The summed E-state index contributed by atoms with van der Waals surface area (Å²) >= 11 is 0. The molecular formula is C11H19N5O2. The molecule has 0 spiro atoms. The Morgan fingerprint density at radius 2 is 2.11 bits per heavy atom. The minimum atomic E-state index is -0.708. The van der Waals surface area contributed by atoms with E-state index in [0.717, 1.165) is 17.0 Å². The standard InChI is InChI=1S/C11H19N5O2/c1-6-10(7(2)15-14-6)8(3)16(4)9(17)5-13-11(12)18/h8H,5H2,1-4H3,(H,14,15)(H3,12,13,18)/t8-/m1/s1. The number of aromatic nitrogens is 2. The van der Waals surface area contributed by atoms with Crippen LogP contribution in [0.2, 0.25) is 0 Å². The molecule has 7 heteroatoms. The van der Waals surface area contributed by atoms with Crippen molar-refractivity contribution in [1.29, 1.82) is 0 Å². The smallest absolute Gasteiger partial charge is 0.312 e. The maximum atomic E-state index is 11.8. The average molecular weight is 253 g/mol. The first-order chi connectivity index (χ1) is 8.34. The maximum absolute atomic E-state index is 11.8. The van der Waals surface area contributed by atoms with Gasteiger partial charge in [-0.1, -0.05) is 0 Å². The van der Waals surface area contributed by atoms with Gasteiger partial charge in [-0.25, -0.2) is 4.79 Å². The van der Waals surface area contributed by atoms with E-state index in [1.54, 1.807) is 11.9 Å². The number of nitrogens with one attached hydrogen (secondary N) is 2. The highest BCUT2D eigenvalue weighted by molar-refractivity contribution is 5.83. The third-order valence-electron chi connectivity index (χ3n) is 2.99. The fourth-order valence-corrected chi connectivity index (χ4v) is 1.87. The number of nitrogens with two attached hydrogens (primary N) is 1. The van der Waals surface area contributed by atoms with Gasteiger partial charge in [-0.2, -0.15) is 5.10 Å². The largest absolute Gasteiger partial charge is 0.352 e. The predicted octanol–water partition coefficient (Wildman–Crippen LogP) is 0.214. The molecule has 3 amide bonds. The zero-order valence-corrected chi connectivity index (χ0v) is 11.1. The third-order valence-corrected chi connectivity index (χ3v) is 2.99. The van der Waals surface area contributed by atoms with Crippen molar-refractivity contribution in [3.05, 3.63) is 17.0 Å². The van der Waals surface area contributed by atoms with E-state index in [1.807, 2.05) is 20.8 Å². The van der Waals surface area contributed by atoms with Crippen LogP contribution in [0.4, 0.5) is 4.79 Å². The Balaban J connectivity index is 2.75. The molecule has 1 rings (SSSR count). The molecule has 0 bridgehead atoms. The average Bonchev–Trinajstić information content (AvgIpc) is 2.64. The van der Waals surface area contributed by atoms with Gasteiger partial charge in [0.2, 0.25) is 5.91 Å². The number of carbonyl (C=O) groups excluding carboxylic acids is 2. The van der Waals surface area contributed by atoms with E-state index < -0.39 is 6.03 Å². The Hall–Kier alpha value is -2.05. The number of hydrogen-bond acceptors (Lipinski definition) is 3. The highest BCUT2D eigenvalue weighted by Crippen LogP contribution is 2.23. The molecule has 4 N–H and O–H groups in total. The highest BCUT2D eigenvalue weighted by atomic mass is 16.2. The number of carbonyl (C=O) groups is 2. The van der Waals surface area contributed by atoms with Gasteiger partial charge in [0, 0.05) is 18.3 Å². The molecule has 0 aliphatic heterocycles. The number of aromatic amines is 1. The second-order valence-corrected chi connectivity index (χ2v) is 4.25. The van der Waals surface area contributed by atoms with E-state index in [1.165, 1.54) is 0 Å². The number of rotatable bonds is 4. The van der Waals surface area contributed by atoms with Crippen LogP contribution in [-0.4, -0.2) is 40.6 Å². The van der Waals surface area contributed by atoms with Gasteiger partial charge < -0.3 is 16.0 Å². The van der Waals surface area contributed by atoms with E-state index >= 15 is 0 Å². The van der Waals surface area contributed by atoms with E-state index in [-0.39, 0.29) is 18.5 Å². The topological polar surface area (TPSA) is 104 Å². The molecule has 7 nitrogen and oxygen atoms in total. The van der Waals surface area contributed by atoms with Gasteiger partial charge in [0.25, 0.3) is 0 Å². The van der Waals surface area contributed by atoms with E-state index in [0.29, 0.717) is 0 Å². The number of primary amides is 1. The lowest BCUT2D eigenvalue weighted by Gasteiger charge is -2.25. The van der Waals surface area contributed by atoms with Crippen LogP contribution < -0.4 is 11.1 Å². The number of H-pyrrole nitrogens is 1. The van der Waals surface area contributed by atoms with Gasteiger partial charge >= 0.3 is 6.03 Å². The van der Waals surface area contributed by atoms with Crippen molar-refractivity contribution in [1.82, 2.24) is 20.4 Å². The van der Waals surface area contributed by atoms with Gasteiger partial charge in [-0.3, -0.25) is 9.89 Å². The normalized spacial score (nSPS) is 12.0. The van der Waals surface area contributed by atoms with Gasteiger partial charge in [0.05, 0.1) is 18.3 Å². The lowest BCUT2D eigenvalue weighted by molar-refractivity contribution is -0.130. The molecule has 0 fully saturated rings. The monoisotopic (exact) mass is 253 g/mol. The second-order valence-electron chi connectivity index (χ2n) is 4.25. The molecule has 1 heterocycles. The molecule has 0 aliphatic rings. The molecule has 0 aromatic carbocycles. The highest BCUT2D eigenvalue weighted by Gasteiger charge is 2.22. The zero-order valence-electron chi connectivity index (χ0n) is 11.1. The lowest BCUT2D eigenvalue weighted by atomic mass is 10.1. The van der Waals surface area contributed by atoms with E-state index in [9.17, 15) is 9.59 Å². The molecule has 1 aromatic rings. The number of aryl methyl sites for hydroxylation is 2. The Bertz CT molecular complexity index is 435. The van der Waals surface area contributed by atoms with Gasteiger partial charge in [0.15, 0.2) is 0 Å². The van der Waals surface area contributed by atoms with Crippen LogP contribution in [0.5, 0.6) is 0 Å². The number of nitrogens with zero attached hydrogens (tertiary/aromatic N) is 2. The molecule has 18 heavy (non-hydrogen) atoms. The van der Waals surface area contributed by atoms with Crippen LogP contribution in [0.3, 0.4) is 0 Å². The Morgan fingerprint density at radius 1 is 1.50 bits per heavy atom. The summed E-state index contributed by atoms with van der Waals surface area (Å²) in [5.74, 6) is -0.207. The number of hydrogen-bond donors (Lipinski definition) is 3. The van der Waals surface area contributed by atoms with Crippen LogP contribution >= 0.6 is 0 Å². The predicted molar refractivity (Wildman–Crippen MR) is 66.8 cm³/mol. The first kappa shape index (κ1) is 14.0. The molecule has 0 unspecified atom stereocenters. The van der Waals surface area contributed by atoms with Crippen LogP contribution in [-0.2, 0) is 4.79 Å². The fraction of sp³-hybridized carbons (Fsp3) is 0.545. The van der Waals surface area contributed by atoms with Gasteiger partial charge in [-0.05, 0) is 20.8 Å². The summed E-state index contributed by atoms with van der Waals surface area (Å²) in [7, 11) is 1.68. The van der Waals surface area contributed by atoms with Crippen LogP contribution in [0.15, 0.2) is 0 Å². The number of urea groups is 1.